The van der Waals surface area contributed by atoms with Gasteiger partial charge in [-0.2, -0.15) is 0 Å². The number of hydrogen-bond donors (Lipinski definition) is 2. The molecule has 3 rings (SSSR count). The zero-order valence-electron chi connectivity index (χ0n) is 20.8. The van der Waals surface area contributed by atoms with Crippen molar-refractivity contribution in [3.05, 3.63) is 35.9 Å². The fourth-order valence-electron chi connectivity index (χ4n) is 5.51. The summed E-state index contributed by atoms with van der Waals surface area (Å²) in [4.78, 5) is 15.2. The summed E-state index contributed by atoms with van der Waals surface area (Å²) in [5.74, 6) is 1.03. The van der Waals surface area contributed by atoms with Crippen molar-refractivity contribution in [1.82, 2.24) is 15.5 Å². The van der Waals surface area contributed by atoms with Crippen molar-refractivity contribution >= 4 is 6.03 Å². The summed E-state index contributed by atoms with van der Waals surface area (Å²) < 4.78 is 11.5. The minimum atomic E-state index is 0.0236. The maximum Gasteiger partial charge on any atom is 0.317 e. The average molecular weight is 460 g/mol. The summed E-state index contributed by atoms with van der Waals surface area (Å²) in [6.45, 7) is 3.50. The highest BCUT2D eigenvalue weighted by molar-refractivity contribution is 5.74. The molecule has 0 radical (unpaired) electrons. The summed E-state index contributed by atoms with van der Waals surface area (Å²) >= 11 is 0. The van der Waals surface area contributed by atoms with Gasteiger partial charge in [0.15, 0.2) is 0 Å². The second kappa shape index (κ2) is 14.6. The predicted octanol–water partition coefficient (Wildman–Crippen LogP) is 4.56. The normalized spacial score (nSPS) is 21.5. The molecule has 186 valence electrons. The molecule has 1 saturated heterocycles. The molecule has 1 aliphatic carbocycles. The molecule has 0 spiro atoms. The Bertz CT molecular complexity index is 666. The molecule has 1 saturated carbocycles. The van der Waals surface area contributed by atoms with Crippen molar-refractivity contribution in [3.63, 3.8) is 0 Å². The molecule has 6 nitrogen and oxygen atoms in total. The highest BCUT2D eigenvalue weighted by atomic mass is 16.5. The molecular weight excluding hydrogens is 414 g/mol. The number of benzene rings is 1. The smallest absolute Gasteiger partial charge is 0.317 e. The summed E-state index contributed by atoms with van der Waals surface area (Å²) in [7, 11) is 3.73. The molecule has 2 fully saturated rings. The van der Waals surface area contributed by atoms with Gasteiger partial charge in [-0.3, -0.25) is 0 Å². The number of ether oxygens (including phenoxy) is 2. The van der Waals surface area contributed by atoms with Crippen molar-refractivity contribution in [2.45, 2.75) is 75.9 Å². The number of rotatable bonds is 12. The molecule has 1 aromatic carbocycles. The minimum Gasteiger partial charge on any atom is -0.385 e. The minimum absolute atomic E-state index is 0.0236. The molecule has 2 aliphatic rings. The maximum absolute atomic E-state index is 13.2. The molecule has 0 aromatic heterocycles. The van der Waals surface area contributed by atoms with E-state index in [1.54, 1.807) is 7.11 Å². The number of unbranched alkanes of at least 4 members (excludes halogenated alkanes) is 1. The van der Waals surface area contributed by atoms with Crippen LogP contribution in [0.25, 0.3) is 0 Å². The first-order valence-electron chi connectivity index (χ1n) is 13.1. The summed E-state index contributed by atoms with van der Waals surface area (Å²) in [6.07, 6.45) is 10.9. The fourth-order valence-corrected chi connectivity index (χ4v) is 5.51. The number of amides is 2. The number of methoxy groups -OCH3 is 1. The van der Waals surface area contributed by atoms with Gasteiger partial charge in [0.25, 0.3) is 0 Å². The Labute approximate surface area is 200 Å². The molecule has 3 atom stereocenters. The monoisotopic (exact) mass is 459 g/mol. The van der Waals surface area contributed by atoms with Gasteiger partial charge in [0.2, 0.25) is 0 Å². The lowest BCUT2D eigenvalue weighted by Crippen LogP contribution is -2.54. The summed E-state index contributed by atoms with van der Waals surface area (Å²) in [6, 6.07) is 10.9. The Morgan fingerprint density at radius 1 is 1.18 bits per heavy atom. The lowest BCUT2D eigenvalue weighted by molar-refractivity contribution is -0.0304. The first-order chi connectivity index (χ1) is 16.2. The van der Waals surface area contributed by atoms with Crippen LogP contribution < -0.4 is 10.6 Å². The largest absolute Gasteiger partial charge is 0.385 e. The van der Waals surface area contributed by atoms with Gasteiger partial charge in [0, 0.05) is 45.3 Å². The molecule has 1 aromatic rings. The van der Waals surface area contributed by atoms with Gasteiger partial charge in [-0.25, -0.2) is 4.79 Å². The molecule has 0 bridgehead atoms. The van der Waals surface area contributed by atoms with Crippen molar-refractivity contribution in [1.29, 1.82) is 0 Å². The molecule has 2 amide bonds. The highest BCUT2D eigenvalue weighted by Gasteiger charge is 2.32. The van der Waals surface area contributed by atoms with Crippen LogP contribution in [0.5, 0.6) is 0 Å². The van der Waals surface area contributed by atoms with Crippen molar-refractivity contribution in [2.24, 2.45) is 5.92 Å². The molecule has 2 N–H and O–H groups in total. The second-order valence-corrected chi connectivity index (χ2v) is 9.80. The van der Waals surface area contributed by atoms with E-state index < -0.39 is 0 Å². The number of morpholine rings is 1. The van der Waals surface area contributed by atoms with Crippen LogP contribution in [0.4, 0.5) is 4.79 Å². The summed E-state index contributed by atoms with van der Waals surface area (Å²) in [5, 5.41) is 6.63. The van der Waals surface area contributed by atoms with E-state index in [4.69, 9.17) is 9.47 Å². The number of carbonyl (C=O) groups excluding carboxylic acids is 1. The zero-order chi connectivity index (χ0) is 23.3. The van der Waals surface area contributed by atoms with Gasteiger partial charge in [-0.05, 0) is 37.8 Å². The van der Waals surface area contributed by atoms with E-state index in [0.717, 1.165) is 44.8 Å². The van der Waals surface area contributed by atoms with Crippen LogP contribution >= 0.6 is 0 Å². The number of urea groups is 1. The number of likely N-dealkylation sites (N-methyl/N-ethyl adjacent to an activating group) is 1. The zero-order valence-corrected chi connectivity index (χ0v) is 20.8. The Balaban J connectivity index is 1.59. The molecule has 0 unspecified atom stereocenters. The van der Waals surface area contributed by atoms with E-state index in [1.165, 1.54) is 37.7 Å². The number of hydrogen-bond acceptors (Lipinski definition) is 4. The number of nitrogens with zero attached hydrogens (tertiary/aromatic N) is 1. The lowest BCUT2D eigenvalue weighted by atomic mass is 9.85. The van der Waals surface area contributed by atoms with E-state index in [-0.39, 0.29) is 24.1 Å². The maximum atomic E-state index is 13.2. The lowest BCUT2D eigenvalue weighted by Gasteiger charge is -2.38. The van der Waals surface area contributed by atoms with Crippen LogP contribution in [-0.4, -0.2) is 70.1 Å². The van der Waals surface area contributed by atoms with E-state index in [0.29, 0.717) is 19.7 Å². The van der Waals surface area contributed by atoms with Crippen molar-refractivity contribution in [2.75, 3.05) is 47.0 Å². The second-order valence-electron chi connectivity index (χ2n) is 9.80. The van der Waals surface area contributed by atoms with Crippen LogP contribution in [0.2, 0.25) is 0 Å². The Hall–Kier alpha value is -1.63. The van der Waals surface area contributed by atoms with Gasteiger partial charge in [-0.15, -0.1) is 0 Å². The van der Waals surface area contributed by atoms with E-state index in [9.17, 15) is 4.79 Å². The third-order valence-corrected chi connectivity index (χ3v) is 7.29. The number of carbonyl (C=O) groups is 1. The van der Waals surface area contributed by atoms with Gasteiger partial charge in [0.05, 0.1) is 12.7 Å². The Morgan fingerprint density at radius 2 is 1.97 bits per heavy atom. The predicted molar refractivity (Wildman–Crippen MR) is 134 cm³/mol. The SMILES string of the molecule is CNC[C@H](CC1CCCCC1)NC(=O)N1CCO[C@H]([C@H](CCCCOC)c2ccccc2)C1. The molecule has 33 heavy (non-hydrogen) atoms. The third kappa shape index (κ3) is 8.58. The van der Waals surface area contributed by atoms with Crippen LogP contribution in [0.3, 0.4) is 0 Å². The Kier molecular flexibility index (Phi) is 11.5. The van der Waals surface area contributed by atoms with Crippen LogP contribution in [-0.2, 0) is 9.47 Å². The van der Waals surface area contributed by atoms with Gasteiger partial charge >= 0.3 is 6.03 Å². The summed E-state index contributed by atoms with van der Waals surface area (Å²) in [5.41, 5.74) is 1.30. The number of nitrogens with one attached hydrogen (secondary N) is 2. The van der Waals surface area contributed by atoms with Crippen LogP contribution in [0.1, 0.15) is 69.3 Å². The van der Waals surface area contributed by atoms with Crippen molar-refractivity contribution in [3.8, 4) is 0 Å². The standard InChI is InChI=1S/C27H45N3O3/c1-28-20-24(19-22-11-5-3-6-12-22)29-27(31)30-16-18-33-26(21-30)25(15-9-10-17-32-2)23-13-7-4-8-14-23/h4,7-8,13-14,22,24-26,28H,3,5-6,9-12,15-21H2,1-2H3,(H,29,31)/t24-,25+,26-/m0/s1. The molecule has 1 heterocycles. The fraction of sp³-hybridized carbons (Fsp3) is 0.741. The van der Waals surface area contributed by atoms with Gasteiger partial charge in [0.1, 0.15) is 0 Å². The highest BCUT2D eigenvalue weighted by Crippen LogP contribution is 2.30. The van der Waals surface area contributed by atoms with E-state index in [1.807, 2.05) is 11.9 Å². The first-order valence-corrected chi connectivity index (χ1v) is 13.1. The van der Waals surface area contributed by atoms with E-state index in [2.05, 4.69) is 41.0 Å². The van der Waals surface area contributed by atoms with E-state index >= 15 is 0 Å². The average Bonchev–Trinajstić information content (AvgIpc) is 2.85. The van der Waals surface area contributed by atoms with Gasteiger partial charge < -0.3 is 25.0 Å². The Morgan fingerprint density at radius 3 is 2.70 bits per heavy atom. The molecule has 1 aliphatic heterocycles. The molecular formula is C27H45N3O3. The first kappa shape index (κ1) is 26.0. The van der Waals surface area contributed by atoms with Crippen LogP contribution in [0.15, 0.2) is 30.3 Å². The molecule has 6 heteroatoms. The van der Waals surface area contributed by atoms with Crippen molar-refractivity contribution < 1.29 is 14.3 Å². The van der Waals surface area contributed by atoms with Gasteiger partial charge in [-0.1, -0.05) is 68.9 Å². The topological polar surface area (TPSA) is 62.8 Å². The van der Waals surface area contributed by atoms with Crippen LogP contribution in [0, 0.1) is 5.92 Å². The quantitative estimate of drug-likeness (QED) is 0.450. The third-order valence-electron chi connectivity index (χ3n) is 7.29.